The molecule has 5 nitrogen and oxygen atoms in total. The van der Waals surface area contributed by atoms with Gasteiger partial charge in [0.1, 0.15) is 29.2 Å². The Hall–Kier alpha value is -2.16. The van der Waals surface area contributed by atoms with Gasteiger partial charge in [-0.2, -0.15) is 13.2 Å². The van der Waals surface area contributed by atoms with Crippen LogP contribution in [0.15, 0.2) is 42.5 Å². The Morgan fingerprint density at radius 3 is 2.59 bits per heavy atom. The lowest BCUT2D eigenvalue weighted by atomic mass is 10.2. The van der Waals surface area contributed by atoms with E-state index in [1.807, 2.05) is 0 Å². The number of hydrogen-bond acceptors (Lipinski definition) is 4. The molecular formula is C19H18Cl2F3NO4. The van der Waals surface area contributed by atoms with Crippen LogP contribution in [0, 0.1) is 0 Å². The zero-order valence-corrected chi connectivity index (χ0v) is 16.7. The second-order valence-electron chi connectivity index (χ2n) is 6.05. The van der Waals surface area contributed by atoms with Crippen LogP contribution in [-0.4, -0.2) is 36.4 Å². The zero-order valence-electron chi connectivity index (χ0n) is 15.2. The molecule has 0 aromatic heterocycles. The van der Waals surface area contributed by atoms with Crippen LogP contribution in [0.1, 0.15) is 12.5 Å². The Labute approximate surface area is 175 Å². The summed E-state index contributed by atoms with van der Waals surface area (Å²) in [5, 5.41) is 12.8. The van der Waals surface area contributed by atoms with Crippen molar-refractivity contribution in [3.05, 3.63) is 58.1 Å². The van der Waals surface area contributed by atoms with Gasteiger partial charge in [0.2, 0.25) is 0 Å². The number of amides is 1. The molecule has 10 heteroatoms. The molecule has 0 spiro atoms. The fourth-order valence-corrected chi connectivity index (χ4v) is 2.53. The number of aliphatic hydroxyl groups is 1. The topological polar surface area (TPSA) is 67.8 Å². The monoisotopic (exact) mass is 451 g/mol. The van der Waals surface area contributed by atoms with Crippen molar-refractivity contribution in [2.75, 3.05) is 13.2 Å². The number of ether oxygens (including phenoxy) is 2. The number of carbonyl (C=O) groups is 1. The number of halogens is 5. The van der Waals surface area contributed by atoms with Crippen LogP contribution in [0.4, 0.5) is 13.2 Å². The lowest BCUT2D eigenvalue weighted by Crippen LogP contribution is -2.41. The fraction of sp³-hybridized carbons (Fsp3) is 0.316. The van der Waals surface area contributed by atoms with Crippen LogP contribution in [0.25, 0.3) is 0 Å². The van der Waals surface area contributed by atoms with Crippen molar-refractivity contribution in [2.24, 2.45) is 0 Å². The van der Waals surface area contributed by atoms with Crippen molar-refractivity contribution in [1.29, 1.82) is 0 Å². The molecule has 0 radical (unpaired) electrons. The van der Waals surface area contributed by atoms with Gasteiger partial charge in [0.25, 0.3) is 5.91 Å². The van der Waals surface area contributed by atoms with Gasteiger partial charge in [-0.05, 0) is 37.3 Å². The standard InChI is InChI=1S/C19H18Cl2F3NO4/c1-11(29-16-7-3-6-15(20)17(16)21)18(27)25-9-13(26)10-28-14-5-2-4-12(8-14)19(22,23)24/h2-8,11,13,26H,9-10H2,1H3,(H,25,27). The molecule has 2 N–H and O–H groups in total. The van der Waals surface area contributed by atoms with Gasteiger partial charge in [-0.15, -0.1) is 0 Å². The Kier molecular flexibility index (Phi) is 8.01. The molecule has 0 aliphatic carbocycles. The SMILES string of the molecule is CC(Oc1cccc(Cl)c1Cl)C(=O)NCC(O)COc1cccc(C(F)(F)F)c1. The number of carbonyl (C=O) groups excluding carboxylic acids is 1. The fourth-order valence-electron chi connectivity index (χ4n) is 2.19. The van der Waals surface area contributed by atoms with E-state index in [1.165, 1.54) is 19.1 Å². The van der Waals surface area contributed by atoms with E-state index in [2.05, 4.69) is 5.32 Å². The minimum atomic E-state index is -4.49. The van der Waals surface area contributed by atoms with Gasteiger partial charge in [-0.1, -0.05) is 35.3 Å². The summed E-state index contributed by atoms with van der Waals surface area (Å²) in [6, 6.07) is 9.02. The number of hydrogen-bond donors (Lipinski definition) is 2. The molecule has 0 bridgehead atoms. The Bertz CT molecular complexity index is 848. The lowest BCUT2D eigenvalue weighted by Gasteiger charge is -2.18. The molecule has 2 atom stereocenters. The summed E-state index contributed by atoms with van der Waals surface area (Å²) < 4.78 is 48.6. The molecule has 2 aromatic rings. The first-order chi connectivity index (χ1) is 13.6. The first-order valence-electron chi connectivity index (χ1n) is 8.44. The van der Waals surface area contributed by atoms with E-state index < -0.39 is 29.9 Å². The van der Waals surface area contributed by atoms with E-state index in [0.29, 0.717) is 0 Å². The maximum absolute atomic E-state index is 12.7. The highest BCUT2D eigenvalue weighted by molar-refractivity contribution is 6.42. The molecule has 1 amide bonds. The van der Waals surface area contributed by atoms with Crippen molar-refractivity contribution in [3.63, 3.8) is 0 Å². The van der Waals surface area contributed by atoms with E-state index >= 15 is 0 Å². The van der Waals surface area contributed by atoms with Gasteiger partial charge in [0.15, 0.2) is 6.10 Å². The number of benzene rings is 2. The summed E-state index contributed by atoms with van der Waals surface area (Å²) in [6.45, 7) is 0.990. The summed E-state index contributed by atoms with van der Waals surface area (Å²) in [5.74, 6) is -0.341. The maximum Gasteiger partial charge on any atom is 0.416 e. The number of rotatable bonds is 8. The highest BCUT2D eigenvalue weighted by Gasteiger charge is 2.30. The summed E-state index contributed by atoms with van der Waals surface area (Å²) >= 11 is 11.9. The van der Waals surface area contributed by atoms with Crippen molar-refractivity contribution in [3.8, 4) is 11.5 Å². The van der Waals surface area contributed by atoms with E-state index in [1.54, 1.807) is 18.2 Å². The number of alkyl halides is 3. The van der Waals surface area contributed by atoms with E-state index in [9.17, 15) is 23.1 Å². The van der Waals surface area contributed by atoms with E-state index in [0.717, 1.165) is 12.1 Å². The predicted octanol–water partition coefficient (Wildman–Crippen LogP) is 4.34. The van der Waals surface area contributed by atoms with Crippen LogP contribution >= 0.6 is 23.2 Å². The van der Waals surface area contributed by atoms with Gasteiger partial charge < -0.3 is 19.9 Å². The predicted molar refractivity (Wildman–Crippen MR) is 103 cm³/mol. The Morgan fingerprint density at radius 2 is 1.90 bits per heavy atom. The molecule has 0 aliphatic rings. The summed E-state index contributed by atoms with van der Waals surface area (Å²) in [7, 11) is 0. The molecule has 2 unspecified atom stereocenters. The van der Waals surface area contributed by atoms with Crippen molar-refractivity contribution >= 4 is 29.1 Å². The minimum Gasteiger partial charge on any atom is -0.491 e. The molecular weight excluding hydrogens is 434 g/mol. The first-order valence-corrected chi connectivity index (χ1v) is 9.20. The molecule has 2 aromatic carbocycles. The normalized spacial score (nSPS) is 13.5. The highest BCUT2D eigenvalue weighted by atomic mass is 35.5. The van der Waals surface area contributed by atoms with E-state index in [4.69, 9.17) is 32.7 Å². The van der Waals surface area contributed by atoms with Crippen molar-refractivity contribution < 1.29 is 32.5 Å². The first kappa shape index (κ1) is 23.1. The average Bonchev–Trinajstić information content (AvgIpc) is 2.67. The van der Waals surface area contributed by atoms with Gasteiger partial charge in [-0.3, -0.25) is 4.79 Å². The molecule has 0 heterocycles. The smallest absolute Gasteiger partial charge is 0.416 e. The van der Waals surface area contributed by atoms with Gasteiger partial charge in [0.05, 0.1) is 10.6 Å². The van der Waals surface area contributed by atoms with Gasteiger partial charge in [0, 0.05) is 6.54 Å². The summed E-state index contributed by atoms with van der Waals surface area (Å²) in [5.41, 5.74) is -0.858. The Balaban J connectivity index is 1.80. The van der Waals surface area contributed by atoms with Crippen LogP contribution < -0.4 is 14.8 Å². The van der Waals surface area contributed by atoms with E-state index in [-0.39, 0.29) is 34.7 Å². The highest BCUT2D eigenvalue weighted by Crippen LogP contribution is 2.32. The molecule has 0 saturated heterocycles. The lowest BCUT2D eigenvalue weighted by molar-refractivity contribution is -0.137. The molecule has 0 fully saturated rings. The third kappa shape index (κ3) is 6.99. The third-order valence-corrected chi connectivity index (χ3v) is 4.51. The largest absolute Gasteiger partial charge is 0.491 e. The molecule has 2 rings (SSSR count). The number of aliphatic hydroxyl groups excluding tert-OH is 1. The van der Waals surface area contributed by atoms with Crippen LogP contribution in [0.3, 0.4) is 0 Å². The van der Waals surface area contributed by atoms with Gasteiger partial charge >= 0.3 is 6.18 Å². The van der Waals surface area contributed by atoms with Crippen molar-refractivity contribution in [2.45, 2.75) is 25.3 Å². The Morgan fingerprint density at radius 1 is 1.21 bits per heavy atom. The minimum absolute atomic E-state index is 0.0440. The average molecular weight is 452 g/mol. The third-order valence-electron chi connectivity index (χ3n) is 3.70. The molecule has 0 aliphatic heterocycles. The second kappa shape index (κ2) is 10.0. The summed E-state index contributed by atoms with van der Waals surface area (Å²) in [4.78, 5) is 12.1. The molecule has 158 valence electrons. The number of nitrogens with one attached hydrogen (secondary N) is 1. The van der Waals surface area contributed by atoms with Crippen LogP contribution in [-0.2, 0) is 11.0 Å². The van der Waals surface area contributed by atoms with Crippen LogP contribution in [0.2, 0.25) is 10.0 Å². The molecule has 0 saturated carbocycles. The quantitative estimate of drug-likeness (QED) is 0.626. The van der Waals surface area contributed by atoms with Gasteiger partial charge in [-0.25, -0.2) is 0 Å². The van der Waals surface area contributed by atoms with Crippen LogP contribution in [0.5, 0.6) is 11.5 Å². The summed E-state index contributed by atoms with van der Waals surface area (Å²) in [6.07, 6.45) is -6.56. The zero-order chi connectivity index (χ0) is 21.6. The van der Waals surface area contributed by atoms with Crippen molar-refractivity contribution in [1.82, 2.24) is 5.32 Å². The second-order valence-corrected chi connectivity index (χ2v) is 6.83. The maximum atomic E-state index is 12.7. The molecule has 29 heavy (non-hydrogen) atoms.